The molecule has 2 aliphatic carbocycles. The number of rotatable bonds is 4. The third-order valence-corrected chi connectivity index (χ3v) is 14.2. The molecule has 11 aromatic rings. The van der Waals surface area contributed by atoms with Gasteiger partial charge in [-0.25, -0.2) is 0 Å². The number of fused-ring (bicyclic) bond motifs is 13. The number of hydrogen-bond donors (Lipinski definition) is 0. The molecular formula is C57H35NS. The molecule has 0 N–H and O–H groups in total. The molecule has 0 bridgehead atoms. The Bertz CT molecular complexity index is 3520. The summed E-state index contributed by atoms with van der Waals surface area (Å²) in [4.78, 5) is 2.48. The lowest BCUT2D eigenvalue weighted by atomic mass is 9.61. The van der Waals surface area contributed by atoms with Crippen LogP contribution >= 0.6 is 11.3 Å². The minimum absolute atomic E-state index is 0.537. The molecule has 0 amide bonds. The molecule has 1 nitrogen and oxygen atoms in total. The smallest absolute Gasteiger partial charge is 0.0726 e. The largest absolute Gasteiger partial charge is 0.310 e. The van der Waals surface area contributed by atoms with Crippen LogP contribution in [-0.2, 0) is 5.41 Å². The summed E-state index contributed by atoms with van der Waals surface area (Å²) in [7, 11) is 0. The van der Waals surface area contributed by atoms with E-state index in [1.54, 1.807) is 0 Å². The Morgan fingerprint density at radius 1 is 0.322 bits per heavy atom. The van der Waals surface area contributed by atoms with Gasteiger partial charge in [0.1, 0.15) is 0 Å². The monoisotopic (exact) mass is 765 g/mol. The van der Waals surface area contributed by atoms with Crippen LogP contribution in [0.4, 0.5) is 17.1 Å². The van der Waals surface area contributed by atoms with Crippen molar-refractivity contribution in [2.45, 2.75) is 5.41 Å². The summed E-state index contributed by atoms with van der Waals surface area (Å²) in [5, 5.41) is 7.70. The van der Waals surface area contributed by atoms with Crippen LogP contribution in [0, 0.1) is 0 Å². The molecule has 1 atom stereocenters. The lowest BCUT2D eigenvalue weighted by Crippen LogP contribution is -2.32. The van der Waals surface area contributed by atoms with Crippen molar-refractivity contribution in [3.8, 4) is 33.4 Å². The minimum Gasteiger partial charge on any atom is -0.310 e. The lowest BCUT2D eigenvalue weighted by molar-refractivity contribution is 0.773. The molecule has 13 rings (SSSR count). The Balaban J connectivity index is 1.11. The zero-order valence-corrected chi connectivity index (χ0v) is 32.9. The van der Waals surface area contributed by atoms with Crippen LogP contribution in [-0.4, -0.2) is 0 Å². The highest BCUT2D eigenvalue weighted by atomic mass is 32.1. The standard InChI is InChI=1S/C57H35NS/c1-2-14-37(15-3-1)42-31-32-49-44-18-7-10-22-51(44)57(52-23-12-20-48(42)56(49)52)50-21-9-6-17-43(50)45-29-27-40(34-53(45)57)58(39-26-25-36-13-4-5-16-38(36)33-39)41-28-30-47-46-19-8-11-24-54(46)59-55(47)35-41/h1-35H. The van der Waals surface area contributed by atoms with E-state index in [0.29, 0.717) is 0 Å². The third kappa shape index (κ3) is 4.55. The SMILES string of the molecule is c1ccc(-c2ccc3c4c(cccc24)C2(c4ccccc4-c4ccc(N(c5ccc6ccccc6c5)c5ccc6c(c5)sc5ccccc56)cc42)c2ccccc2-3)cc1. The Morgan fingerprint density at radius 3 is 1.76 bits per heavy atom. The average Bonchev–Trinajstić information content (AvgIpc) is 3.81. The molecule has 0 saturated carbocycles. The number of benzene rings is 10. The van der Waals surface area contributed by atoms with E-state index in [9.17, 15) is 0 Å². The second kappa shape index (κ2) is 12.4. The van der Waals surface area contributed by atoms with Gasteiger partial charge in [0, 0.05) is 37.2 Å². The molecule has 2 heteroatoms. The van der Waals surface area contributed by atoms with E-state index in [0.717, 1.165) is 17.1 Å². The van der Waals surface area contributed by atoms with Gasteiger partial charge in [-0.3, -0.25) is 0 Å². The first-order valence-electron chi connectivity index (χ1n) is 20.4. The molecular weight excluding hydrogens is 731 g/mol. The van der Waals surface area contributed by atoms with Gasteiger partial charge in [0.25, 0.3) is 0 Å². The Morgan fingerprint density at radius 2 is 0.898 bits per heavy atom. The Labute approximate surface area is 346 Å². The molecule has 1 aromatic heterocycles. The molecule has 0 radical (unpaired) electrons. The van der Waals surface area contributed by atoms with Crippen LogP contribution < -0.4 is 4.90 Å². The first-order valence-corrected chi connectivity index (χ1v) is 21.2. The summed E-state index contributed by atoms with van der Waals surface area (Å²) in [6, 6.07) is 79.5. The summed E-state index contributed by atoms with van der Waals surface area (Å²) < 4.78 is 2.60. The molecule has 2 aliphatic rings. The molecule has 274 valence electrons. The van der Waals surface area contributed by atoms with E-state index in [1.807, 2.05) is 11.3 Å². The van der Waals surface area contributed by atoms with Gasteiger partial charge in [-0.2, -0.15) is 0 Å². The third-order valence-electron chi connectivity index (χ3n) is 13.0. The van der Waals surface area contributed by atoms with Gasteiger partial charge in [0.05, 0.1) is 5.41 Å². The van der Waals surface area contributed by atoms with E-state index >= 15 is 0 Å². The highest BCUT2D eigenvalue weighted by molar-refractivity contribution is 7.25. The summed E-state index contributed by atoms with van der Waals surface area (Å²) >= 11 is 1.87. The molecule has 0 saturated heterocycles. The van der Waals surface area contributed by atoms with E-state index in [2.05, 4.69) is 217 Å². The summed E-state index contributed by atoms with van der Waals surface area (Å²) in [5.41, 5.74) is 15.9. The Hall–Kier alpha value is -7.26. The predicted octanol–water partition coefficient (Wildman–Crippen LogP) is 15.8. The van der Waals surface area contributed by atoms with Crippen LogP contribution in [0.25, 0.3) is 75.1 Å². The van der Waals surface area contributed by atoms with Crippen molar-refractivity contribution in [3.63, 3.8) is 0 Å². The maximum atomic E-state index is 2.52. The van der Waals surface area contributed by atoms with Crippen LogP contribution in [0.15, 0.2) is 212 Å². The van der Waals surface area contributed by atoms with Crippen molar-refractivity contribution < 1.29 is 0 Å². The second-order valence-electron chi connectivity index (χ2n) is 16.0. The van der Waals surface area contributed by atoms with Crippen LogP contribution in [0.3, 0.4) is 0 Å². The van der Waals surface area contributed by atoms with Crippen molar-refractivity contribution in [3.05, 3.63) is 235 Å². The molecule has 59 heavy (non-hydrogen) atoms. The van der Waals surface area contributed by atoms with E-state index < -0.39 is 5.41 Å². The van der Waals surface area contributed by atoms with Gasteiger partial charge in [-0.15, -0.1) is 11.3 Å². The van der Waals surface area contributed by atoms with Gasteiger partial charge in [0.15, 0.2) is 0 Å². The topological polar surface area (TPSA) is 3.24 Å². The van der Waals surface area contributed by atoms with Gasteiger partial charge < -0.3 is 4.90 Å². The number of thiophene rings is 1. The van der Waals surface area contributed by atoms with Gasteiger partial charge in [-0.1, -0.05) is 170 Å². The highest BCUT2D eigenvalue weighted by Crippen LogP contribution is 2.63. The fourth-order valence-electron chi connectivity index (χ4n) is 10.6. The fourth-order valence-corrected chi connectivity index (χ4v) is 11.7. The first kappa shape index (κ1) is 32.8. The maximum Gasteiger partial charge on any atom is 0.0726 e. The predicted molar refractivity (Wildman–Crippen MR) is 251 cm³/mol. The number of anilines is 3. The van der Waals surface area contributed by atoms with Crippen LogP contribution in [0.2, 0.25) is 0 Å². The zero-order chi connectivity index (χ0) is 38.7. The van der Waals surface area contributed by atoms with Crippen LogP contribution in [0.1, 0.15) is 22.3 Å². The molecule has 1 unspecified atom stereocenters. The van der Waals surface area contributed by atoms with Crippen molar-refractivity contribution >= 4 is 70.1 Å². The quantitative estimate of drug-likeness (QED) is 0.172. The van der Waals surface area contributed by atoms with Crippen molar-refractivity contribution in [1.82, 2.24) is 0 Å². The fraction of sp³-hybridized carbons (Fsp3) is 0.0175. The Kier molecular flexibility index (Phi) is 6.87. The number of nitrogens with zero attached hydrogens (tertiary/aromatic N) is 1. The molecule has 1 spiro atoms. The average molecular weight is 766 g/mol. The highest BCUT2D eigenvalue weighted by Gasteiger charge is 2.50. The molecule has 1 heterocycles. The molecule has 0 aliphatic heterocycles. The summed E-state index contributed by atoms with van der Waals surface area (Å²) in [6.45, 7) is 0. The van der Waals surface area contributed by atoms with Crippen molar-refractivity contribution in [1.29, 1.82) is 0 Å². The summed E-state index contributed by atoms with van der Waals surface area (Å²) in [6.07, 6.45) is 0. The van der Waals surface area contributed by atoms with E-state index in [4.69, 9.17) is 0 Å². The molecule has 10 aromatic carbocycles. The van der Waals surface area contributed by atoms with E-state index in [1.165, 1.54) is 97.4 Å². The zero-order valence-electron chi connectivity index (χ0n) is 32.1. The lowest BCUT2D eigenvalue weighted by Gasteiger charge is -2.40. The van der Waals surface area contributed by atoms with E-state index in [-0.39, 0.29) is 0 Å². The maximum absolute atomic E-state index is 2.52. The minimum atomic E-state index is -0.537. The summed E-state index contributed by atoms with van der Waals surface area (Å²) in [5.74, 6) is 0. The first-order chi connectivity index (χ1) is 29.3. The van der Waals surface area contributed by atoms with Gasteiger partial charge in [0.2, 0.25) is 0 Å². The normalized spacial score (nSPS) is 14.8. The van der Waals surface area contributed by atoms with Crippen molar-refractivity contribution in [2.24, 2.45) is 0 Å². The van der Waals surface area contributed by atoms with Gasteiger partial charge >= 0.3 is 0 Å². The van der Waals surface area contributed by atoms with Crippen LogP contribution in [0.5, 0.6) is 0 Å². The van der Waals surface area contributed by atoms with Crippen molar-refractivity contribution in [2.75, 3.05) is 4.90 Å². The molecule has 0 fully saturated rings. The second-order valence-corrected chi connectivity index (χ2v) is 17.1. The van der Waals surface area contributed by atoms with Gasteiger partial charge in [-0.05, 0) is 120 Å². The number of hydrogen-bond acceptors (Lipinski definition) is 2.